The van der Waals surface area contributed by atoms with Gasteiger partial charge in [-0.15, -0.1) is 0 Å². The van der Waals surface area contributed by atoms with Crippen molar-refractivity contribution in [3.8, 4) is 0 Å². The zero-order chi connectivity index (χ0) is 13.8. The van der Waals surface area contributed by atoms with Crippen molar-refractivity contribution in [2.24, 2.45) is 0 Å². The summed E-state index contributed by atoms with van der Waals surface area (Å²) in [4.78, 5) is 23.9. The third-order valence-electron chi connectivity index (χ3n) is 3.68. The van der Waals surface area contributed by atoms with Crippen molar-refractivity contribution < 1.29 is 4.79 Å². The van der Waals surface area contributed by atoms with Crippen molar-refractivity contribution in [3.63, 3.8) is 0 Å². The average Bonchev–Trinajstić information content (AvgIpc) is 2.98. The average molecular weight is 270 g/mol. The van der Waals surface area contributed by atoms with E-state index < -0.39 is 0 Å². The molecule has 0 unspecified atom stereocenters. The van der Waals surface area contributed by atoms with Gasteiger partial charge in [0.05, 0.1) is 5.52 Å². The molecule has 104 valence electrons. The molecule has 1 N–H and O–H groups in total. The molecule has 1 aliphatic rings. The molecule has 0 atom stereocenters. The maximum Gasteiger partial charge on any atom is 0.156 e. The number of carbonyl (C=O) groups is 1. The topological polar surface area (TPSA) is 67.8 Å². The summed E-state index contributed by atoms with van der Waals surface area (Å²) in [6.07, 6.45) is 8.60. The van der Waals surface area contributed by atoms with Gasteiger partial charge in [0, 0.05) is 25.1 Å². The van der Waals surface area contributed by atoms with E-state index >= 15 is 0 Å². The van der Waals surface area contributed by atoms with Gasteiger partial charge in [-0.3, -0.25) is 4.98 Å². The Hall–Kier alpha value is -2.04. The van der Waals surface area contributed by atoms with Crippen LogP contribution in [0.15, 0.2) is 18.3 Å². The first kappa shape index (κ1) is 13.0. The number of fused-ring (bicyclic) bond motifs is 1. The first-order valence-electron chi connectivity index (χ1n) is 7.18. The Labute approximate surface area is 117 Å². The molecule has 20 heavy (non-hydrogen) atoms. The highest BCUT2D eigenvalue weighted by Crippen LogP contribution is 2.25. The number of pyridine rings is 1. The van der Waals surface area contributed by atoms with Gasteiger partial charge in [0.2, 0.25) is 0 Å². The molecule has 3 rings (SSSR count). The van der Waals surface area contributed by atoms with Gasteiger partial charge in [-0.25, -0.2) is 9.97 Å². The number of anilines is 1. The molecule has 0 saturated heterocycles. The van der Waals surface area contributed by atoms with Crippen molar-refractivity contribution in [1.82, 2.24) is 15.0 Å². The molecule has 1 fully saturated rings. The molecule has 0 aliphatic heterocycles. The molecule has 0 spiro atoms. The van der Waals surface area contributed by atoms with E-state index in [0.717, 1.165) is 23.1 Å². The number of carbonyl (C=O) groups excluding carboxylic acids is 1. The van der Waals surface area contributed by atoms with Crippen LogP contribution in [0.1, 0.15) is 37.9 Å². The number of rotatable bonds is 5. The number of hydrogen-bond donors (Lipinski definition) is 1. The largest absolute Gasteiger partial charge is 0.365 e. The quantitative estimate of drug-likeness (QED) is 0.845. The van der Waals surface area contributed by atoms with Crippen LogP contribution in [-0.2, 0) is 11.2 Å². The minimum Gasteiger partial charge on any atom is -0.365 e. The van der Waals surface area contributed by atoms with Gasteiger partial charge in [-0.1, -0.05) is 12.8 Å². The lowest BCUT2D eigenvalue weighted by Gasteiger charge is -2.14. The maximum atomic E-state index is 10.5. The molecular formula is C15H18N4O. The van der Waals surface area contributed by atoms with Gasteiger partial charge in [-0.05, 0) is 25.0 Å². The summed E-state index contributed by atoms with van der Waals surface area (Å²) in [6, 6.07) is 4.29. The predicted octanol–water partition coefficient (Wildman–Crippen LogP) is 2.51. The lowest BCUT2D eigenvalue weighted by molar-refractivity contribution is -0.107. The molecule has 0 bridgehead atoms. The Bertz CT molecular complexity index is 608. The van der Waals surface area contributed by atoms with Gasteiger partial charge >= 0.3 is 0 Å². The van der Waals surface area contributed by atoms with Gasteiger partial charge in [0.1, 0.15) is 17.6 Å². The summed E-state index contributed by atoms with van der Waals surface area (Å²) in [5.74, 6) is 1.52. The number of nitrogens with zero attached hydrogens (tertiary/aromatic N) is 3. The van der Waals surface area contributed by atoms with Crippen LogP contribution in [-0.4, -0.2) is 27.3 Å². The molecular weight excluding hydrogens is 252 g/mol. The predicted molar refractivity (Wildman–Crippen MR) is 77.6 cm³/mol. The number of aryl methyl sites for hydroxylation is 1. The van der Waals surface area contributed by atoms with Gasteiger partial charge in [-0.2, -0.15) is 0 Å². The molecule has 0 radical (unpaired) electrons. The van der Waals surface area contributed by atoms with Crippen molar-refractivity contribution in [1.29, 1.82) is 0 Å². The number of hydrogen-bond acceptors (Lipinski definition) is 5. The van der Waals surface area contributed by atoms with E-state index in [9.17, 15) is 4.79 Å². The number of aldehydes is 1. The minimum atomic E-state index is 0.453. The van der Waals surface area contributed by atoms with Crippen molar-refractivity contribution in [3.05, 3.63) is 24.2 Å². The molecule has 0 aromatic carbocycles. The van der Waals surface area contributed by atoms with E-state index in [1.165, 1.54) is 25.7 Å². The maximum absolute atomic E-state index is 10.5. The Kier molecular flexibility index (Phi) is 3.85. The van der Waals surface area contributed by atoms with Crippen molar-refractivity contribution in [2.75, 3.05) is 5.32 Å². The Morgan fingerprint density at radius 3 is 2.95 bits per heavy atom. The Morgan fingerprint density at radius 1 is 1.30 bits per heavy atom. The van der Waals surface area contributed by atoms with Crippen LogP contribution in [0.5, 0.6) is 0 Å². The molecule has 5 heteroatoms. The summed E-state index contributed by atoms with van der Waals surface area (Å²) < 4.78 is 0. The van der Waals surface area contributed by atoms with E-state index in [4.69, 9.17) is 0 Å². The van der Waals surface area contributed by atoms with E-state index in [2.05, 4.69) is 20.3 Å². The third kappa shape index (κ3) is 2.76. The van der Waals surface area contributed by atoms with Crippen molar-refractivity contribution >= 4 is 23.1 Å². The highest BCUT2D eigenvalue weighted by atomic mass is 16.1. The molecule has 5 nitrogen and oxygen atoms in total. The molecule has 2 heterocycles. The molecule has 2 aromatic heterocycles. The Balaban J connectivity index is 1.95. The molecule has 1 saturated carbocycles. The van der Waals surface area contributed by atoms with Crippen LogP contribution in [0.3, 0.4) is 0 Å². The highest BCUT2D eigenvalue weighted by molar-refractivity contribution is 5.84. The van der Waals surface area contributed by atoms with Crippen LogP contribution < -0.4 is 5.32 Å². The number of aromatic nitrogens is 3. The van der Waals surface area contributed by atoms with Crippen molar-refractivity contribution in [2.45, 2.75) is 44.6 Å². The van der Waals surface area contributed by atoms with Gasteiger partial charge in [0.15, 0.2) is 5.82 Å². The minimum absolute atomic E-state index is 0.453. The second-order valence-electron chi connectivity index (χ2n) is 5.19. The van der Waals surface area contributed by atoms with Crippen LogP contribution in [0.4, 0.5) is 5.82 Å². The molecule has 2 aromatic rings. The zero-order valence-corrected chi connectivity index (χ0v) is 11.4. The molecule has 0 amide bonds. The van der Waals surface area contributed by atoms with Crippen LogP contribution in [0.25, 0.3) is 11.0 Å². The van der Waals surface area contributed by atoms with Crippen LogP contribution in [0.2, 0.25) is 0 Å². The normalized spacial score (nSPS) is 15.6. The van der Waals surface area contributed by atoms with E-state index in [1.807, 2.05) is 12.1 Å². The summed E-state index contributed by atoms with van der Waals surface area (Å²) in [7, 11) is 0. The summed E-state index contributed by atoms with van der Waals surface area (Å²) >= 11 is 0. The lowest BCUT2D eigenvalue weighted by atomic mass is 10.2. The molecule has 1 aliphatic carbocycles. The van der Waals surface area contributed by atoms with Crippen LogP contribution in [0, 0.1) is 0 Å². The Morgan fingerprint density at radius 2 is 2.15 bits per heavy atom. The SMILES string of the molecule is O=CCCc1nc(NC2CCCC2)c2ncccc2n1. The van der Waals surface area contributed by atoms with E-state index in [1.54, 1.807) is 6.20 Å². The summed E-state index contributed by atoms with van der Waals surface area (Å²) in [6.45, 7) is 0. The van der Waals surface area contributed by atoms with Crippen LogP contribution >= 0.6 is 0 Å². The smallest absolute Gasteiger partial charge is 0.156 e. The fraction of sp³-hybridized carbons (Fsp3) is 0.467. The monoisotopic (exact) mass is 270 g/mol. The van der Waals surface area contributed by atoms with Gasteiger partial charge in [0.25, 0.3) is 0 Å². The van der Waals surface area contributed by atoms with Gasteiger partial charge < -0.3 is 10.1 Å². The summed E-state index contributed by atoms with van der Waals surface area (Å²) in [5, 5.41) is 3.50. The second kappa shape index (κ2) is 5.94. The van der Waals surface area contributed by atoms with E-state index in [0.29, 0.717) is 24.7 Å². The third-order valence-corrected chi connectivity index (χ3v) is 3.68. The standard InChI is InChI=1S/C15H18N4O/c20-10-4-8-13-18-12-7-3-9-16-14(12)15(19-13)17-11-5-1-2-6-11/h3,7,9-11H,1-2,4-6,8H2,(H,17,18,19). The fourth-order valence-electron chi connectivity index (χ4n) is 2.68. The fourth-order valence-corrected chi connectivity index (χ4v) is 2.68. The first-order valence-corrected chi connectivity index (χ1v) is 7.18. The first-order chi connectivity index (χ1) is 9.86. The van der Waals surface area contributed by atoms with E-state index in [-0.39, 0.29) is 0 Å². The summed E-state index contributed by atoms with van der Waals surface area (Å²) in [5.41, 5.74) is 1.65. The lowest BCUT2D eigenvalue weighted by Crippen LogP contribution is -2.17. The highest BCUT2D eigenvalue weighted by Gasteiger charge is 2.17. The number of nitrogens with one attached hydrogen (secondary N) is 1. The zero-order valence-electron chi connectivity index (χ0n) is 11.4. The second-order valence-corrected chi connectivity index (χ2v) is 5.19.